The fraction of sp³-hybridized carbons (Fsp3) is 0.222. The first-order chi connectivity index (χ1) is 16.7. The highest BCUT2D eigenvalue weighted by atomic mass is 19.2. The minimum absolute atomic E-state index is 0.0329. The number of aromatic nitrogens is 2. The summed E-state index contributed by atoms with van der Waals surface area (Å²) in [5.41, 5.74) is 2.21. The molecule has 1 amide bonds. The number of carbonyl (C=O) groups is 2. The number of halogens is 2. The van der Waals surface area contributed by atoms with Crippen molar-refractivity contribution in [2.24, 2.45) is 0 Å². The minimum atomic E-state index is -0.995. The van der Waals surface area contributed by atoms with E-state index in [1.165, 1.54) is 13.0 Å². The summed E-state index contributed by atoms with van der Waals surface area (Å²) >= 11 is 0. The molecule has 0 spiro atoms. The van der Waals surface area contributed by atoms with E-state index < -0.39 is 17.5 Å². The Hall–Kier alpha value is -4.07. The minimum Gasteiger partial charge on any atom is -0.491 e. The number of benzene rings is 2. The summed E-state index contributed by atoms with van der Waals surface area (Å²) < 4.78 is 34.5. The smallest absolute Gasteiger partial charge is 0.254 e. The van der Waals surface area contributed by atoms with Crippen LogP contribution in [0.25, 0.3) is 10.9 Å². The summed E-state index contributed by atoms with van der Waals surface area (Å²) in [4.78, 5) is 30.5. The van der Waals surface area contributed by atoms with Gasteiger partial charge in [0.1, 0.15) is 5.75 Å². The van der Waals surface area contributed by atoms with Crippen LogP contribution >= 0.6 is 0 Å². The monoisotopic (exact) mass is 477 g/mol. The Bertz CT molecular complexity index is 1400. The van der Waals surface area contributed by atoms with Crippen molar-refractivity contribution in [3.05, 3.63) is 94.9 Å². The first-order valence-corrected chi connectivity index (χ1v) is 11.2. The van der Waals surface area contributed by atoms with Crippen LogP contribution in [-0.4, -0.2) is 27.3 Å². The van der Waals surface area contributed by atoms with Crippen molar-refractivity contribution >= 4 is 22.6 Å². The number of ether oxygens (including phenoxy) is 1. The van der Waals surface area contributed by atoms with Gasteiger partial charge in [-0.3, -0.25) is 14.6 Å². The van der Waals surface area contributed by atoms with Crippen molar-refractivity contribution in [2.45, 2.75) is 40.0 Å². The highest BCUT2D eigenvalue weighted by Gasteiger charge is 2.26. The molecule has 0 aliphatic heterocycles. The fourth-order valence-electron chi connectivity index (χ4n) is 4.01. The van der Waals surface area contributed by atoms with Gasteiger partial charge in [0, 0.05) is 31.1 Å². The van der Waals surface area contributed by atoms with E-state index in [1.807, 2.05) is 26.0 Å². The van der Waals surface area contributed by atoms with Crippen LogP contribution in [0.1, 0.15) is 52.9 Å². The molecular formula is C27H25F2N3O3. The molecule has 35 heavy (non-hydrogen) atoms. The summed E-state index contributed by atoms with van der Waals surface area (Å²) in [6.45, 7) is 5.47. The van der Waals surface area contributed by atoms with Gasteiger partial charge in [-0.05, 0) is 55.8 Å². The Morgan fingerprint density at radius 2 is 1.86 bits per heavy atom. The molecule has 180 valence electrons. The van der Waals surface area contributed by atoms with Gasteiger partial charge >= 0.3 is 0 Å². The van der Waals surface area contributed by atoms with Gasteiger partial charge in [-0.1, -0.05) is 12.1 Å². The number of nitrogens with one attached hydrogen (secondary N) is 1. The third kappa shape index (κ3) is 5.21. The third-order valence-corrected chi connectivity index (χ3v) is 5.45. The number of amides is 1. The van der Waals surface area contributed by atoms with E-state index in [9.17, 15) is 18.4 Å². The molecular weight excluding hydrogens is 452 g/mol. The molecule has 0 saturated heterocycles. The van der Waals surface area contributed by atoms with Crippen LogP contribution in [0.5, 0.6) is 5.75 Å². The van der Waals surface area contributed by atoms with E-state index in [2.05, 4.69) is 10.3 Å². The quantitative estimate of drug-likeness (QED) is 0.351. The molecule has 2 heterocycles. The van der Waals surface area contributed by atoms with Crippen LogP contribution in [0.3, 0.4) is 0 Å². The van der Waals surface area contributed by atoms with Crippen molar-refractivity contribution in [3.63, 3.8) is 0 Å². The summed E-state index contributed by atoms with van der Waals surface area (Å²) in [6, 6.07) is 14.2. The second-order valence-corrected chi connectivity index (χ2v) is 8.46. The van der Waals surface area contributed by atoms with Crippen LogP contribution in [0.2, 0.25) is 0 Å². The van der Waals surface area contributed by atoms with E-state index >= 15 is 0 Å². The Balaban J connectivity index is 1.80. The summed E-state index contributed by atoms with van der Waals surface area (Å²) in [7, 11) is 0. The van der Waals surface area contributed by atoms with Crippen LogP contribution in [-0.2, 0) is 13.1 Å². The van der Waals surface area contributed by atoms with E-state index in [4.69, 9.17) is 4.74 Å². The molecule has 0 radical (unpaired) electrons. The summed E-state index contributed by atoms with van der Waals surface area (Å²) in [5.74, 6) is -2.14. The molecule has 0 bridgehead atoms. The Morgan fingerprint density at radius 1 is 1.06 bits per heavy atom. The van der Waals surface area contributed by atoms with Gasteiger partial charge in [0.25, 0.3) is 5.91 Å². The van der Waals surface area contributed by atoms with E-state index in [1.54, 1.807) is 35.0 Å². The standard InChI is InChI=1S/C27H25F2N3O3/c1-16(2)35-20-8-9-21-24(13-20)32(15-19-6-4-5-11-30-19)26(17(3)33)25(21)27(34)31-14-18-7-10-22(28)23(29)12-18/h4-13,16H,14-15H2,1-3H3,(H,31,34). The summed E-state index contributed by atoms with van der Waals surface area (Å²) in [6.07, 6.45) is 1.61. The lowest BCUT2D eigenvalue weighted by Crippen LogP contribution is -2.25. The van der Waals surface area contributed by atoms with Gasteiger partial charge in [-0.2, -0.15) is 0 Å². The predicted octanol–water partition coefficient (Wildman–Crippen LogP) is 5.28. The van der Waals surface area contributed by atoms with Crippen LogP contribution < -0.4 is 10.1 Å². The molecule has 6 nitrogen and oxygen atoms in total. The number of Topliss-reactive ketones (excluding diaryl/α,β-unsaturated/α-hetero) is 1. The molecule has 0 aliphatic rings. The highest BCUT2D eigenvalue weighted by molar-refractivity contribution is 6.16. The largest absolute Gasteiger partial charge is 0.491 e. The Kier molecular flexibility index (Phi) is 6.91. The molecule has 0 atom stereocenters. The number of hydrogen-bond acceptors (Lipinski definition) is 4. The first-order valence-electron chi connectivity index (χ1n) is 11.2. The zero-order valence-electron chi connectivity index (χ0n) is 19.6. The maximum absolute atomic E-state index is 13.6. The lowest BCUT2D eigenvalue weighted by Gasteiger charge is -2.12. The van der Waals surface area contributed by atoms with E-state index in [0.29, 0.717) is 22.2 Å². The number of nitrogens with zero attached hydrogens (tertiary/aromatic N) is 2. The number of hydrogen-bond donors (Lipinski definition) is 1. The molecule has 8 heteroatoms. The fourth-order valence-corrected chi connectivity index (χ4v) is 4.01. The van der Waals surface area contributed by atoms with Gasteiger partial charge in [0.05, 0.1) is 35.1 Å². The normalized spacial score (nSPS) is 11.1. The van der Waals surface area contributed by atoms with Gasteiger partial charge in [0.15, 0.2) is 17.4 Å². The first kappa shape index (κ1) is 24.1. The van der Waals surface area contributed by atoms with E-state index in [0.717, 1.165) is 17.8 Å². The average Bonchev–Trinajstić information content (AvgIpc) is 3.13. The van der Waals surface area contributed by atoms with Crippen molar-refractivity contribution in [1.82, 2.24) is 14.9 Å². The number of pyridine rings is 1. The lowest BCUT2D eigenvalue weighted by molar-refractivity contribution is 0.0935. The SMILES string of the molecule is CC(=O)c1c(C(=O)NCc2ccc(F)c(F)c2)c2ccc(OC(C)C)cc2n1Cc1ccccn1. The van der Waals surface area contributed by atoms with Crippen LogP contribution in [0.4, 0.5) is 8.78 Å². The van der Waals surface area contributed by atoms with Gasteiger partial charge < -0.3 is 14.6 Å². The third-order valence-electron chi connectivity index (χ3n) is 5.45. The number of carbonyl (C=O) groups excluding carboxylic acids is 2. The number of ketones is 1. The van der Waals surface area contributed by atoms with Crippen LogP contribution in [0, 0.1) is 11.6 Å². The van der Waals surface area contributed by atoms with Gasteiger partial charge in [-0.25, -0.2) is 8.78 Å². The molecule has 4 aromatic rings. The molecule has 4 rings (SSSR count). The second-order valence-electron chi connectivity index (χ2n) is 8.46. The van der Waals surface area contributed by atoms with E-state index in [-0.39, 0.29) is 36.2 Å². The van der Waals surface area contributed by atoms with Crippen molar-refractivity contribution in [3.8, 4) is 5.75 Å². The zero-order chi connectivity index (χ0) is 25.1. The maximum Gasteiger partial charge on any atom is 0.254 e. The zero-order valence-corrected chi connectivity index (χ0v) is 19.6. The molecule has 0 saturated carbocycles. The van der Waals surface area contributed by atoms with Gasteiger partial charge in [-0.15, -0.1) is 0 Å². The average molecular weight is 478 g/mol. The number of fused-ring (bicyclic) bond motifs is 1. The highest BCUT2D eigenvalue weighted by Crippen LogP contribution is 2.31. The van der Waals surface area contributed by atoms with Crippen LogP contribution in [0.15, 0.2) is 60.8 Å². The second kappa shape index (κ2) is 10.0. The van der Waals surface area contributed by atoms with Gasteiger partial charge in [0.2, 0.25) is 0 Å². The molecule has 0 unspecified atom stereocenters. The summed E-state index contributed by atoms with van der Waals surface area (Å²) in [5, 5.41) is 3.31. The Morgan fingerprint density at radius 3 is 2.51 bits per heavy atom. The van der Waals surface area contributed by atoms with Crippen molar-refractivity contribution in [2.75, 3.05) is 0 Å². The molecule has 0 fully saturated rings. The lowest BCUT2D eigenvalue weighted by atomic mass is 10.1. The van der Waals surface area contributed by atoms with Crippen molar-refractivity contribution < 1.29 is 23.1 Å². The molecule has 2 aromatic heterocycles. The molecule has 1 N–H and O–H groups in total. The molecule has 0 aliphatic carbocycles. The predicted molar refractivity (Wildman–Crippen MR) is 129 cm³/mol. The van der Waals surface area contributed by atoms with Crippen molar-refractivity contribution in [1.29, 1.82) is 0 Å². The molecule has 2 aromatic carbocycles. The number of rotatable bonds is 8. The Labute approximate surface area is 201 Å². The maximum atomic E-state index is 13.6. The topological polar surface area (TPSA) is 73.2 Å².